The summed E-state index contributed by atoms with van der Waals surface area (Å²) in [5, 5.41) is 0. The number of nitrogens with zero attached hydrogens (tertiary/aromatic N) is 2. The van der Waals surface area contributed by atoms with Crippen LogP contribution in [0.4, 0.5) is 14.5 Å². The molecule has 2 rings (SSSR count). The Morgan fingerprint density at radius 2 is 1.79 bits per heavy atom. The first-order valence-electron chi connectivity index (χ1n) is 8.37. The first-order valence-corrected chi connectivity index (χ1v) is 10.2. The molecule has 0 saturated carbocycles. The van der Waals surface area contributed by atoms with Crippen LogP contribution in [0.25, 0.3) is 0 Å². The van der Waals surface area contributed by atoms with Gasteiger partial charge in [0, 0.05) is 25.2 Å². The number of hydrogen-bond donors (Lipinski definition) is 0. The fourth-order valence-corrected chi connectivity index (χ4v) is 4.07. The van der Waals surface area contributed by atoms with Gasteiger partial charge in [0.25, 0.3) is 0 Å². The van der Waals surface area contributed by atoms with Crippen LogP contribution in [0.5, 0.6) is 5.75 Å². The van der Waals surface area contributed by atoms with Crippen molar-refractivity contribution in [1.82, 2.24) is 4.90 Å². The molecular formula is C19H22F2N2O4S. The number of para-hydroxylation sites is 1. The zero-order chi connectivity index (χ0) is 21.1. The summed E-state index contributed by atoms with van der Waals surface area (Å²) in [4.78, 5) is 14.2. The largest absolute Gasteiger partial charge is 0.496 e. The van der Waals surface area contributed by atoms with E-state index in [0.29, 0.717) is 5.75 Å². The molecule has 6 nitrogen and oxygen atoms in total. The van der Waals surface area contributed by atoms with Gasteiger partial charge >= 0.3 is 0 Å². The Morgan fingerprint density at radius 3 is 2.36 bits per heavy atom. The number of likely N-dealkylation sites (N-methyl/N-ethyl adjacent to an activating group) is 1. The Hall–Kier alpha value is -2.68. The number of benzene rings is 2. The van der Waals surface area contributed by atoms with E-state index in [1.54, 1.807) is 24.3 Å². The van der Waals surface area contributed by atoms with E-state index in [9.17, 15) is 22.0 Å². The minimum Gasteiger partial charge on any atom is -0.496 e. The lowest BCUT2D eigenvalue weighted by Crippen LogP contribution is -2.48. The molecule has 1 atom stereocenters. The summed E-state index contributed by atoms with van der Waals surface area (Å²) < 4.78 is 57.4. The molecule has 0 heterocycles. The summed E-state index contributed by atoms with van der Waals surface area (Å²) in [6.07, 6.45) is 0.901. The highest BCUT2D eigenvalue weighted by Gasteiger charge is 2.31. The molecule has 0 aliphatic rings. The van der Waals surface area contributed by atoms with Crippen LogP contribution in [0.1, 0.15) is 12.5 Å². The number of methoxy groups -OCH3 is 1. The van der Waals surface area contributed by atoms with Crippen LogP contribution in [0.15, 0.2) is 42.5 Å². The molecule has 0 fully saturated rings. The third kappa shape index (κ3) is 4.78. The zero-order valence-corrected chi connectivity index (χ0v) is 16.8. The number of halogens is 2. The van der Waals surface area contributed by atoms with Gasteiger partial charge in [-0.3, -0.25) is 9.10 Å². The second-order valence-electron chi connectivity index (χ2n) is 6.34. The van der Waals surface area contributed by atoms with Crippen LogP contribution < -0.4 is 9.04 Å². The predicted molar refractivity (Wildman–Crippen MR) is 103 cm³/mol. The van der Waals surface area contributed by atoms with Gasteiger partial charge < -0.3 is 9.64 Å². The number of anilines is 1. The Morgan fingerprint density at radius 1 is 1.14 bits per heavy atom. The van der Waals surface area contributed by atoms with Crippen LogP contribution in [0, 0.1) is 11.6 Å². The highest BCUT2D eigenvalue weighted by molar-refractivity contribution is 7.92. The Bertz CT molecular complexity index is 966. The van der Waals surface area contributed by atoms with Crippen LogP contribution in [0.3, 0.4) is 0 Å². The maximum atomic E-state index is 13.6. The topological polar surface area (TPSA) is 66.9 Å². The number of hydrogen-bond acceptors (Lipinski definition) is 4. The Balaban J connectivity index is 2.31. The molecular weight excluding hydrogens is 390 g/mol. The van der Waals surface area contributed by atoms with E-state index in [2.05, 4.69) is 0 Å². The maximum absolute atomic E-state index is 13.6. The maximum Gasteiger partial charge on any atom is 0.246 e. The van der Waals surface area contributed by atoms with Crippen molar-refractivity contribution in [3.05, 3.63) is 59.7 Å². The normalized spacial score (nSPS) is 12.4. The van der Waals surface area contributed by atoms with Gasteiger partial charge in [0.15, 0.2) is 11.6 Å². The molecule has 0 aliphatic carbocycles. The fourth-order valence-electron chi connectivity index (χ4n) is 2.91. The van der Waals surface area contributed by atoms with Crippen LogP contribution in [-0.4, -0.2) is 45.7 Å². The molecule has 2 aromatic rings. The summed E-state index contributed by atoms with van der Waals surface area (Å²) in [7, 11) is -0.903. The van der Waals surface area contributed by atoms with E-state index in [-0.39, 0.29) is 12.2 Å². The van der Waals surface area contributed by atoms with Gasteiger partial charge in [0.1, 0.15) is 11.8 Å². The number of carbonyl (C=O) groups is 1. The minimum atomic E-state index is -3.94. The lowest BCUT2D eigenvalue weighted by Gasteiger charge is -2.31. The van der Waals surface area contributed by atoms with E-state index in [1.807, 2.05) is 0 Å². The van der Waals surface area contributed by atoms with Gasteiger partial charge in [-0.2, -0.15) is 0 Å². The van der Waals surface area contributed by atoms with Gasteiger partial charge in [0.05, 0.1) is 19.1 Å². The van der Waals surface area contributed by atoms with Crippen molar-refractivity contribution in [2.24, 2.45) is 0 Å². The summed E-state index contributed by atoms with van der Waals surface area (Å²) in [6, 6.07) is 8.64. The summed E-state index contributed by atoms with van der Waals surface area (Å²) in [6.45, 7) is 1.58. The van der Waals surface area contributed by atoms with E-state index >= 15 is 0 Å². The average Bonchev–Trinajstić information content (AvgIpc) is 2.63. The molecule has 0 saturated heterocycles. The fraction of sp³-hybridized carbons (Fsp3) is 0.316. The highest BCUT2D eigenvalue weighted by atomic mass is 32.2. The van der Waals surface area contributed by atoms with Gasteiger partial charge in [-0.25, -0.2) is 17.2 Å². The molecule has 2 aromatic carbocycles. The zero-order valence-electron chi connectivity index (χ0n) is 16.0. The molecule has 0 N–H and O–H groups in total. The number of rotatable bonds is 7. The second-order valence-corrected chi connectivity index (χ2v) is 8.20. The molecule has 0 radical (unpaired) electrons. The Labute approximate surface area is 163 Å². The lowest BCUT2D eigenvalue weighted by atomic mass is 10.1. The number of carbonyl (C=O) groups excluding carboxylic acids is 1. The second kappa shape index (κ2) is 8.55. The highest BCUT2D eigenvalue weighted by Crippen LogP contribution is 2.25. The quantitative estimate of drug-likeness (QED) is 0.702. The number of amides is 1. The van der Waals surface area contributed by atoms with Crippen molar-refractivity contribution in [2.75, 3.05) is 24.7 Å². The summed E-state index contributed by atoms with van der Waals surface area (Å²) in [5.74, 6) is -2.23. The van der Waals surface area contributed by atoms with Crippen LogP contribution in [-0.2, 0) is 21.4 Å². The van der Waals surface area contributed by atoms with Crippen molar-refractivity contribution >= 4 is 21.6 Å². The monoisotopic (exact) mass is 412 g/mol. The molecule has 0 spiro atoms. The van der Waals surface area contributed by atoms with Gasteiger partial charge in [-0.1, -0.05) is 18.2 Å². The van der Waals surface area contributed by atoms with Crippen LogP contribution in [0.2, 0.25) is 0 Å². The molecule has 0 bridgehead atoms. The molecule has 152 valence electrons. The van der Waals surface area contributed by atoms with Gasteiger partial charge in [-0.05, 0) is 25.1 Å². The molecule has 0 aromatic heterocycles. The van der Waals surface area contributed by atoms with E-state index < -0.39 is 33.6 Å². The van der Waals surface area contributed by atoms with E-state index in [1.165, 1.54) is 26.0 Å². The predicted octanol–water partition coefficient (Wildman–Crippen LogP) is 2.79. The third-order valence-corrected chi connectivity index (χ3v) is 5.44. The smallest absolute Gasteiger partial charge is 0.246 e. The van der Waals surface area contributed by atoms with Gasteiger partial charge in [-0.15, -0.1) is 0 Å². The SMILES string of the molecule is COc1ccccc1CN(C)C(=O)[C@@H](C)N(c1ccc(F)c(F)c1)S(C)(=O)=O. The number of sulfonamides is 1. The van der Waals surface area contributed by atoms with E-state index in [0.717, 1.165) is 34.3 Å². The van der Waals surface area contributed by atoms with Crippen molar-refractivity contribution in [3.8, 4) is 5.75 Å². The molecule has 0 unspecified atom stereocenters. The first kappa shape index (κ1) is 21.6. The molecule has 1 amide bonds. The molecule has 0 aliphatic heterocycles. The molecule has 9 heteroatoms. The first-order chi connectivity index (χ1) is 13.1. The van der Waals surface area contributed by atoms with Crippen molar-refractivity contribution < 1.29 is 26.7 Å². The Kier molecular flexibility index (Phi) is 6.60. The number of ether oxygens (including phenoxy) is 1. The third-order valence-electron chi connectivity index (χ3n) is 4.20. The molecule has 28 heavy (non-hydrogen) atoms. The van der Waals surface area contributed by atoms with Crippen LogP contribution >= 0.6 is 0 Å². The summed E-state index contributed by atoms with van der Waals surface area (Å²) in [5.41, 5.74) is 0.611. The average molecular weight is 412 g/mol. The summed E-state index contributed by atoms with van der Waals surface area (Å²) >= 11 is 0. The van der Waals surface area contributed by atoms with Crippen molar-refractivity contribution in [3.63, 3.8) is 0 Å². The standard InChI is InChI=1S/C19H22F2N2O4S/c1-13(19(24)22(2)12-14-7-5-6-8-18(14)27-3)23(28(4,25)26)15-9-10-16(20)17(21)11-15/h5-11,13H,12H2,1-4H3/t13-/m1/s1. The lowest BCUT2D eigenvalue weighted by molar-refractivity contribution is -0.131. The van der Waals surface area contributed by atoms with E-state index in [4.69, 9.17) is 4.74 Å². The van der Waals surface area contributed by atoms with Crippen molar-refractivity contribution in [1.29, 1.82) is 0 Å². The van der Waals surface area contributed by atoms with Crippen molar-refractivity contribution in [2.45, 2.75) is 19.5 Å². The van der Waals surface area contributed by atoms with Gasteiger partial charge in [0.2, 0.25) is 15.9 Å². The minimum absolute atomic E-state index is 0.132.